The van der Waals surface area contributed by atoms with Gasteiger partial charge in [0, 0.05) is 19.2 Å². The number of carbonyl (C=O) groups excluding carboxylic acids is 1. The van der Waals surface area contributed by atoms with Gasteiger partial charge in [-0.1, -0.05) is 11.6 Å². The number of nitrogens with zero attached hydrogens (tertiary/aromatic N) is 6. The van der Waals surface area contributed by atoms with Crippen LogP contribution in [0.4, 0.5) is 19.0 Å². The van der Waals surface area contributed by atoms with Crippen molar-refractivity contribution in [1.82, 2.24) is 19.8 Å². The molecule has 3 heterocycles. The van der Waals surface area contributed by atoms with Crippen molar-refractivity contribution < 1.29 is 27.4 Å². The zero-order valence-corrected chi connectivity index (χ0v) is 18.6. The molecule has 0 amide bonds. The van der Waals surface area contributed by atoms with Gasteiger partial charge in [-0.3, -0.25) is 4.79 Å². The quantitative estimate of drug-likeness (QED) is 0.388. The zero-order chi connectivity index (χ0) is 24.5. The molecule has 0 aliphatic carbocycles. The number of rotatable bonds is 5. The van der Waals surface area contributed by atoms with Crippen molar-refractivity contribution in [2.75, 3.05) is 24.6 Å². The van der Waals surface area contributed by atoms with Gasteiger partial charge in [-0.25, -0.2) is 0 Å². The molecule has 2 aromatic heterocycles. The summed E-state index contributed by atoms with van der Waals surface area (Å²) in [5, 5.41) is 19.9. The summed E-state index contributed by atoms with van der Waals surface area (Å²) in [6, 6.07) is 7.77. The number of esters is 1. The molecule has 1 saturated heterocycles. The Hall–Kier alpha value is -3.59. The molecule has 0 N–H and O–H groups in total. The van der Waals surface area contributed by atoms with Crippen molar-refractivity contribution in [3.63, 3.8) is 0 Å². The van der Waals surface area contributed by atoms with Gasteiger partial charge in [0.1, 0.15) is 5.82 Å². The largest absolute Gasteiger partial charge is 0.490 e. The van der Waals surface area contributed by atoms with Crippen molar-refractivity contribution in [2.45, 2.75) is 25.9 Å². The molecule has 0 unspecified atom stereocenters. The van der Waals surface area contributed by atoms with E-state index in [0.717, 1.165) is 0 Å². The number of hydrogen-bond acceptors (Lipinski definition) is 8. The van der Waals surface area contributed by atoms with E-state index in [-0.39, 0.29) is 34.3 Å². The lowest BCUT2D eigenvalue weighted by molar-refractivity contribution is -0.146. The van der Waals surface area contributed by atoms with Crippen molar-refractivity contribution in [3.05, 3.63) is 40.7 Å². The Kier molecular flexibility index (Phi) is 6.47. The number of hydrogen-bond donors (Lipinski definition) is 0. The Morgan fingerprint density at radius 3 is 2.65 bits per heavy atom. The van der Waals surface area contributed by atoms with E-state index < -0.39 is 23.9 Å². The number of nitriles is 1. The molecule has 178 valence electrons. The van der Waals surface area contributed by atoms with Crippen molar-refractivity contribution >= 4 is 29.0 Å². The van der Waals surface area contributed by atoms with Crippen molar-refractivity contribution in [3.8, 4) is 17.6 Å². The SMILES string of the molecule is CCOc1cc(C#N)cc(Cl)c1OC(=O)C1CCN(c2ccc3nnc(C(F)(F)F)n3n2)CC1. The van der Waals surface area contributed by atoms with Gasteiger partial charge in [-0.15, -0.1) is 15.3 Å². The number of carbonyl (C=O) groups is 1. The fraction of sp³-hybridized carbons (Fsp3) is 0.381. The van der Waals surface area contributed by atoms with E-state index >= 15 is 0 Å². The van der Waals surface area contributed by atoms with Gasteiger partial charge in [-0.05, 0) is 38.0 Å². The minimum absolute atomic E-state index is 0.0149. The molecule has 1 aliphatic heterocycles. The Bertz CT molecular complexity index is 1270. The van der Waals surface area contributed by atoms with Gasteiger partial charge in [-0.2, -0.15) is 22.9 Å². The van der Waals surface area contributed by atoms with E-state index in [9.17, 15) is 18.0 Å². The normalized spacial score (nSPS) is 14.8. The van der Waals surface area contributed by atoms with Gasteiger partial charge < -0.3 is 14.4 Å². The van der Waals surface area contributed by atoms with Crippen LogP contribution in [0.2, 0.25) is 5.02 Å². The predicted octanol–water partition coefficient (Wildman–Crippen LogP) is 3.89. The molecule has 0 saturated carbocycles. The van der Waals surface area contributed by atoms with E-state index in [1.165, 1.54) is 18.2 Å². The first-order chi connectivity index (χ1) is 16.2. The summed E-state index contributed by atoms with van der Waals surface area (Å²) in [5.74, 6) is -1.60. The summed E-state index contributed by atoms with van der Waals surface area (Å²) in [7, 11) is 0. The number of benzene rings is 1. The number of alkyl halides is 3. The minimum Gasteiger partial charge on any atom is -0.490 e. The van der Waals surface area contributed by atoms with Gasteiger partial charge in [0.2, 0.25) is 0 Å². The summed E-state index contributed by atoms with van der Waals surface area (Å²) < 4.78 is 51.0. The fourth-order valence-electron chi connectivity index (χ4n) is 3.65. The smallest absolute Gasteiger partial charge is 0.453 e. The van der Waals surface area contributed by atoms with Gasteiger partial charge in [0.25, 0.3) is 5.82 Å². The Balaban J connectivity index is 1.45. The summed E-state index contributed by atoms with van der Waals surface area (Å²) in [4.78, 5) is 14.6. The van der Waals surface area contributed by atoms with E-state index in [1.807, 2.05) is 6.07 Å². The summed E-state index contributed by atoms with van der Waals surface area (Å²) in [5.41, 5.74) is 0.256. The predicted molar refractivity (Wildman–Crippen MR) is 114 cm³/mol. The number of anilines is 1. The molecule has 4 rings (SSSR count). The highest BCUT2D eigenvalue weighted by Crippen LogP contribution is 2.38. The van der Waals surface area contributed by atoms with Crippen LogP contribution in [0.5, 0.6) is 11.5 Å². The molecule has 34 heavy (non-hydrogen) atoms. The van der Waals surface area contributed by atoms with Gasteiger partial charge in [0.15, 0.2) is 17.1 Å². The van der Waals surface area contributed by atoms with Crippen LogP contribution >= 0.6 is 11.6 Å². The van der Waals surface area contributed by atoms with Crippen LogP contribution < -0.4 is 14.4 Å². The van der Waals surface area contributed by atoms with Crippen LogP contribution in [0.25, 0.3) is 5.65 Å². The number of ether oxygens (including phenoxy) is 2. The maximum absolute atomic E-state index is 13.1. The zero-order valence-electron chi connectivity index (χ0n) is 17.8. The molecule has 1 aromatic carbocycles. The summed E-state index contributed by atoms with van der Waals surface area (Å²) in [6.45, 7) is 2.79. The second-order valence-corrected chi connectivity index (χ2v) is 7.90. The van der Waals surface area contributed by atoms with Crippen molar-refractivity contribution in [1.29, 1.82) is 5.26 Å². The van der Waals surface area contributed by atoms with E-state index in [1.54, 1.807) is 17.9 Å². The van der Waals surface area contributed by atoms with E-state index in [4.69, 9.17) is 26.3 Å². The molecular weight excluding hydrogens is 477 g/mol. The molecule has 0 atom stereocenters. The molecule has 0 bridgehead atoms. The second-order valence-electron chi connectivity index (χ2n) is 7.50. The second kappa shape index (κ2) is 9.34. The van der Waals surface area contributed by atoms with Crippen LogP contribution in [-0.4, -0.2) is 45.5 Å². The topological polar surface area (TPSA) is 106 Å². The molecule has 13 heteroatoms. The highest BCUT2D eigenvalue weighted by Gasteiger charge is 2.38. The van der Waals surface area contributed by atoms with Crippen LogP contribution in [0, 0.1) is 17.2 Å². The highest BCUT2D eigenvalue weighted by molar-refractivity contribution is 6.32. The average Bonchev–Trinajstić information content (AvgIpc) is 3.25. The molecule has 3 aromatic rings. The lowest BCUT2D eigenvalue weighted by Gasteiger charge is -2.31. The molecule has 0 spiro atoms. The van der Waals surface area contributed by atoms with E-state index in [0.29, 0.717) is 36.3 Å². The molecule has 9 nitrogen and oxygen atoms in total. The molecule has 1 fully saturated rings. The third-order valence-electron chi connectivity index (χ3n) is 5.30. The van der Waals surface area contributed by atoms with E-state index in [2.05, 4.69) is 15.3 Å². The molecule has 0 radical (unpaired) electrons. The third kappa shape index (κ3) is 4.70. The van der Waals surface area contributed by atoms with Gasteiger partial charge >= 0.3 is 12.1 Å². The van der Waals surface area contributed by atoms with Crippen LogP contribution in [0.1, 0.15) is 31.2 Å². The first kappa shape index (κ1) is 23.6. The minimum atomic E-state index is -4.69. The van der Waals surface area contributed by atoms with Crippen LogP contribution in [0.3, 0.4) is 0 Å². The lowest BCUT2D eigenvalue weighted by atomic mass is 9.97. The van der Waals surface area contributed by atoms with Crippen LogP contribution in [0.15, 0.2) is 24.3 Å². The summed E-state index contributed by atoms with van der Waals surface area (Å²) >= 11 is 6.20. The summed E-state index contributed by atoms with van der Waals surface area (Å²) in [6.07, 6.45) is -3.90. The Labute approximate surface area is 196 Å². The first-order valence-electron chi connectivity index (χ1n) is 10.3. The number of halogens is 4. The molecule has 1 aliphatic rings. The first-order valence-corrected chi connectivity index (χ1v) is 10.7. The number of piperidine rings is 1. The maximum atomic E-state index is 13.1. The fourth-order valence-corrected chi connectivity index (χ4v) is 3.90. The standard InChI is InChI=1S/C21H18ClF3N6O3/c1-2-33-15-10-12(11-26)9-14(22)18(15)34-19(32)13-5-7-30(8-6-13)17-4-3-16-27-28-20(21(23,24)25)31(16)29-17/h3-4,9-10,13H,2,5-8H2,1H3. The average molecular weight is 495 g/mol. The van der Waals surface area contributed by atoms with Gasteiger partial charge in [0.05, 0.1) is 29.2 Å². The third-order valence-corrected chi connectivity index (χ3v) is 5.58. The van der Waals surface area contributed by atoms with Crippen molar-refractivity contribution in [2.24, 2.45) is 5.92 Å². The Morgan fingerprint density at radius 1 is 1.26 bits per heavy atom. The van der Waals surface area contributed by atoms with Crippen LogP contribution in [-0.2, 0) is 11.0 Å². The Morgan fingerprint density at radius 2 is 2.00 bits per heavy atom. The highest BCUT2D eigenvalue weighted by atomic mass is 35.5. The monoisotopic (exact) mass is 494 g/mol. The number of aromatic nitrogens is 4. The maximum Gasteiger partial charge on any atom is 0.453 e. The number of fused-ring (bicyclic) bond motifs is 1. The lowest BCUT2D eigenvalue weighted by Crippen LogP contribution is -2.38. The molecular formula is C21H18ClF3N6O3.